The van der Waals surface area contributed by atoms with Crippen molar-refractivity contribution in [2.75, 3.05) is 17.2 Å². The quantitative estimate of drug-likeness (QED) is 0.275. The number of anilines is 2. The van der Waals surface area contributed by atoms with Gasteiger partial charge in [-0.15, -0.1) is 0 Å². The monoisotopic (exact) mass is 553 g/mol. The predicted molar refractivity (Wildman–Crippen MR) is 148 cm³/mol. The molecule has 182 valence electrons. The Labute approximate surface area is 219 Å². The van der Waals surface area contributed by atoms with Crippen molar-refractivity contribution in [1.82, 2.24) is 5.32 Å². The number of carbonyl (C=O) groups excluding carboxylic acids is 2. The fourth-order valence-corrected chi connectivity index (χ4v) is 3.78. The van der Waals surface area contributed by atoms with Crippen LogP contribution >= 0.6 is 28.1 Å². The zero-order valence-electron chi connectivity index (χ0n) is 19.6. The van der Waals surface area contributed by atoms with Crippen molar-refractivity contribution in [1.29, 1.82) is 0 Å². The summed E-state index contributed by atoms with van der Waals surface area (Å²) in [5, 5.41) is 8.71. The summed E-state index contributed by atoms with van der Waals surface area (Å²) in [6, 6.07) is 21.9. The van der Waals surface area contributed by atoms with E-state index in [4.69, 9.17) is 17.0 Å². The average Bonchev–Trinajstić information content (AvgIpc) is 2.80. The molecule has 0 aliphatic carbocycles. The molecule has 3 aromatic carbocycles. The van der Waals surface area contributed by atoms with Gasteiger partial charge in [-0.1, -0.05) is 66.2 Å². The molecule has 3 N–H and O–H groups in total. The highest BCUT2D eigenvalue weighted by molar-refractivity contribution is 9.10. The Hall–Kier alpha value is -3.23. The standard InChI is InChI=1S/C27H28BrN3O3S/c1-18(2)13-14-34-24-12-11-20(28)16-23(24)26(33)31-27(35)30-22-10-6-9-21(17-22)29-25(32)15-19-7-4-3-5-8-19/h3-12,16-18H,13-15H2,1-2H3,(H,29,32)(H2,30,31,33,35). The highest BCUT2D eigenvalue weighted by Gasteiger charge is 2.15. The maximum absolute atomic E-state index is 12.9. The summed E-state index contributed by atoms with van der Waals surface area (Å²) in [5.41, 5.74) is 2.57. The number of benzene rings is 3. The maximum atomic E-state index is 12.9. The van der Waals surface area contributed by atoms with Crippen LogP contribution in [0.5, 0.6) is 5.75 Å². The Morgan fingerprint density at radius 3 is 2.37 bits per heavy atom. The number of rotatable bonds is 9. The molecule has 0 saturated carbocycles. The summed E-state index contributed by atoms with van der Waals surface area (Å²) in [7, 11) is 0. The maximum Gasteiger partial charge on any atom is 0.261 e. The van der Waals surface area contributed by atoms with Gasteiger partial charge in [0.1, 0.15) is 5.75 Å². The Kier molecular flexibility index (Phi) is 9.81. The number of ether oxygens (including phenoxy) is 1. The van der Waals surface area contributed by atoms with E-state index in [0.29, 0.717) is 35.2 Å². The first kappa shape index (κ1) is 26.4. The smallest absolute Gasteiger partial charge is 0.261 e. The first-order valence-electron chi connectivity index (χ1n) is 11.3. The second-order valence-corrected chi connectivity index (χ2v) is 9.69. The fourth-order valence-electron chi connectivity index (χ4n) is 3.20. The van der Waals surface area contributed by atoms with Crippen molar-refractivity contribution in [3.8, 4) is 5.75 Å². The molecule has 0 radical (unpaired) electrons. The third-order valence-electron chi connectivity index (χ3n) is 4.98. The largest absolute Gasteiger partial charge is 0.493 e. The van der Waals surface area contributed by atoms with Crippen LogP contribution in [0.1, 0.15) is 36.2 Å². The highest BCUT2D eigenvalue weighted by atomic mass is 79.9. The highest BCUT2D eigenvalue weighted by Crippen LogP contribution is 2.24. The molecule has 3 rings (SSSR count). The number of carbonyl (C=O) groups is 2. The number of nitrogens with one attached hydrogen (secondary N) is 3. The number of hydrogen-bond acceptors (Lipinski definition) is 4. The molecule has 0 fully saturated rings. The van der Waals surface area contributed by atoms with Crippen LogP contribution < -0.4 is 20.7 Å². The van der Waals surface area contributed by atoms with Crippen LogP contribution in [-0.2, 0) is 11.2 Å². The molecule has 2 amide bonds. The molecule has 35 heavy (non-hydrogen) atoms. The molecule has 0 aromatic heterocycles. The van der Waals surface area contributed by atoms with Gasteiger partial charge in [0, 0.05) is 15.8 Å². The minimum Gasteiger partial charge on any atom is -0.493 e. The minimum atomic E-state index is -0.379. The van der Waals surface area contributed by atoms with Crippen LogP contribution in [0.3, 0.4) is 0 Å². The third kappa shape index (κ3) is 8.81. The van der Waals surface area contributed by atoms with Crippen molar-refractivity contribution in [2.24, 2.45) is 5.92 Å². The Balaban J connectivity index is 1.59. The number of thiocarbonyl (C=S) groups is 1. The second kappa shape index (κ2) is 13.0. The second-order valence-electron chi connectivity index (χ2n) is 8.37. The lowest BCUT2D eigenvalue weighted by Gasteiger charge is -2.14. The summed E-state index contributed by atoms with van der Waals surface area (Å²) in [5.74, 6) is 0.496. The van der Waals surface area contributed by atoms with E-state index in [1.54, 1.807) is 36.4 Å². The Morgan fingerprint density at radius 1 is 0.943 bits per heavy atom. The van der Waals surface area contributed by atoms with Gasteiger partial charge in [-0.25, -0.2) is 0 Å². The van der Waals surface area contributed by atoms with E-state index < -0.39 is 0 Å². The van der Waals surface area contributed by atoms with Crippen LogP contribution in [-0.4, -0.2) is 23.5 Å². The Bertz CT molecular complexity index is 1190. The first-order chi connectivity index (χ1) is 16.8. The summed E-state index contributed by atoms with van der Waals surface area (Å²) >= 11 is 8.75. The molecule has 0 saturated heterocycles. The molecule has 6 nitrogen and oxygen atoms in total. The van der Waals surface area contributed by atoms with E-state index in [2.05, 4.69) is 45.7 Å². The van der Waals surface area contributed by atoms with Gasteiger partial charge < -0.3 is 15.4 Å². The number of hydrogen-bond donors (Lipinski definition) is 3. The van der Waals surface area contributed by atoms with Gasteiger partial charge in [0.05, 0.1) is 18.6 Å². The molecule has 0 spiro atoms. The van der Waals surface area contributed by atoms with Crippen LogP contribution in [0.2, 0.25) is 0 Å². The molecule has 8 heteroatoms. The lowest BCUT2D eigenvalue weighted by Crippen LogP contribution is -2.34. The number of halogens is 1. The SMILES string of the molecule is CC(C)CCOc1ccc(Br)cc1C(=O)NC(=S)Nc1cccc(NC(=O)Cc2ccccc2)c1. The average molecular weight is 555 g/mol. The van der Waals surface area contributed by atoms with E-state index in [-0.39, 0.29) is 23.3 Å². The lowest BCUT2D eigenvalue weighted by molar-refractivity contribution is -0.115. The molecule has 0 heterocycles. The molecule has 0 aliphatic rings. The van der Waals surface area contributed by atoms with Gasteiger partial charge in [-0.05, 0) is 66.5 Å². The van der Waals surface area contributed by atoms with Crippen molar-refractivity contribution in [3.05, 3.63) is 88.4 Å². The zero-order valence-corrected chi connectivity index (χ0v) is 22.0. The summed E-state index contributed by atoms with van der Waals surface area (Å²) in [4.78, 5) is 25.3. The van der Waals surface area contributed by atoms with E-state index in [0.717, 1.165) is 16.5 Å². The molecular formula is C27H28BrN3O3S. The van der Waals surface area contributed by atoms with E-state index in [1.807, 2.05) is 36.4 Å². The molecule has 0 atom stereocenters. The van der Waals surface area contributed by atoms with Crippen LogP contribution in [0.25, 0.3) is 0 Å². The Morgan fingerprint density at radius 2 is 1.66 bits per heavy atom. The molecule has 0 aliphatic heterocycles. The summed E-state index contributed by atoms with van der Waals surface area (Å²) in [6.07, 6.45) is 1.16. The van der Waals surface area contributed by atoms with E-state index >= 15 is 0 Å². The first-order valence-corrected chi connectivity index (χ1v) is 12.5. The normalized spacial score (nSPS) is 10.5. The minimum absolute atomic E-state index is 0.121. The van der Waals surface area contributed by atoms with Gasteiger partial charge in [0.25, 0.3) is 5.91 Å². The van der Waals surface area contributed by atoms with Crippen LogP contribution in [0.15, 0.2) is 77.3 Å². The molecule has 0 bridgehead atoms. The van der Waals surface area contributed by atoms with E-state index in [1.165, 1.54) is 0 Å². The molecule has 0 unspecified atom stereocenters. The zero-order chi connectivity index (χ0) is 25.2. The summed E-state index contributed by atoms with van der Waals surface area (Å²) in [6.45, 7) is 4.75. The van der Waals surface area contributed by atoms with Crippen molar-refractivity contribution in [2.45, 2.75) is 26.7 Å². The van der Waals surface area contributed by atoms with Gasteiger partial charge >= 0.3 is 0 Å². The fraction of sp³-hybridized carbons (Fsp3) is 0.222. The topological polar surface area (TPSA) is 79.5 Å². The van der Waals surface area contributed by atoms with Crippen LogP contribution in [0, 0.1) is 5.92 Å². The van der Waals surface area contributed by atoms with Gasteiger partial charge in [-0.2, -0.15) is 0 Å². The lowest BCUT2D eigenvalue weighted by atomic mass is 10.1. The molecule has 3 aromatic rings. The van der Waals surface area contributed by atoms with E-state index in [9.17, 15) is 9.59 Å². The van der Waals surface area contributed by atoms with Crippen molar-refractivity contribution < 1.29 is 14.3 Å². The van der Waals surface area contributed by atoms with Gasteiger partial charge in [-0.3, -0.25) is 14.9 Å². The van der Waals surface area contributed by atoms with Gasteiger partial charge in [0.2, 0.25) is 5.91 Å². The van der Waals surface area contributed by atoms with Gasteiger partial charge in [0.15, 0.2) is 5.11 Å². The van der Waals surface area contributed by atoms with Crippen LogP contribution in [0.4, 0.5) is 11.4 Å². The number of amides is 2. The van der Waals surface area contributed by atoms with Crippen molar-refractivity contribution >= 4 is 56.4 Å². The predicted octanol–water partition coefficient (Wildman–Crippen LogP) is 6.18. The van der Waals surface area contributed by atoms with Crippen molar-refractivity contribution in [3.63, 3.8) is 0 Å². The third-order valence-corrected chi connectivity index (χ3v) is 5.68. The summed E-state index contributed by atoms with van der Waals surface area (Å²) < 4.78 is 6.59. The molecular weight excluding hydrogens is 526 g/mol.